The summed E-state index contributed by atoms with van der Waals surface area (Å²) in [5.74, 6) is 1.62. The van der Waals surface area contributed by atoms with Crippen molar-refractivity contribution in [1.82, 2.24) is 4.98 Å². The molecular weight excluding hydrogens is 408 g/mol. The van der Waals surface area contributed by atoms with Gasteiger partial charge in [-0.25, -0.2) is 8.42 Å². The number of nitrogens with zero attached hydrogens (tertiary/aromatic N) is 2. The zero-order valence-electron chi connectivity index (χ0n) is 16.7. The molecule has 2 heterocycles. The third kappa shape index (κ3) is 3.86. The van der Waals surface area contributed by atoms with Crippen LogP contribution in [0.4, 0.5) is 5.88 Å². The molecule has 158 valence electrons. The van der Waals surface area contributed by atoms with E-state index in [4.69, 9.17) is 18.6 Å². The number of hydrogen-bond donors (Lipinski definition) is 0. The molecule has 0 unspecified atom stereocenters. The van der Waals surface area contributed by atoms with Crippen LogP contribution in [0.5, 0.6) is 11.5 Å². The largest absolute Gasteiger partial charge is 0.497 e. The summed E-state index contributed by atoms with van der Waals surface area (Å²) in [6.45, 7) is 1.99. The highest BCUT2D eigenvalue weighted by Gasteiger charge is 2.32. The molecule has 0 atom stereocenters. The Labute approximate surface area is 174 Å². The van der Waals surface area contributed by atoms with Crippen molar-refractivity contribution in [3.63, 3.8) is 0 Å². The van der Waals surface area contributed by atoms with Crippen LogP contribution in [0.2, 0.25) is 0 Å². The molecule has 4 rings (SSSR count). The van der Waals surface area contributed by atoms with E-state index >= 15 is 0 Å². The van der Waals surface area contributed by atoms with Gasteiger partial charge in [-0.15, -0.1) is 0 Å². The summed E-state index contributed by atoms with van der Waals surface area (Å²) in [7, 11) is -0.832. The van der Waals surface area contributed by atoms with Gasteiger partial charge >= 0.3 is 0 Å². The number of anilines is 1. The maximum absolute atomic E-state index is 13.4. The fourth-order valence-electron chi connectivity index (χ4n) is 3.19. The molecule has 1 saturated heterocycles. The number of oxazole rings is 1. The summed E-state index contributed by atoms with van der Waals surface area (Å²) in [6, 6.07) is 13.3. The minimum Gasteiger partial charge on any atom is -0.497 e. The Morgan fingerprint density at radius 1 is 0.967 bits per heavy atom. The molecule has 1 aliphatic rings. The topological polar surface area (TPSA) is 91.1 Å². The van der Waals surface area contributed by atoms with Gasteiger partial charge in [0.15, 0.2) is 0 Å². The minimum absolute atomic E-state index is 0.114. The lowest BCUT2D eigenvalue weighted by molar-refractivity contribution is 0.120. The van der Waals surface area contributed by atoms with Crippen molar-refractivity contribution in [2.24, 2.45) is 0 Å². The molecule has 8 nitrogen and oxygen atoms in total. The highest BCUT2D eigenvalue weighted by Crippen LogP contribution is 2.36. The van der Waals surface area contributed by atoms with E-state index in [-0.39, 0.29) is 21.7 Å². The van der Waals surface area contributed by atoms with E-state index in [1.165, 1.54) is 19.2 Å². The Kier molecular flexibility index (Phi) is 5.65. The average Bonchev–Trinajstić information content (AvgIpc) is 3.26. The lowest BCUT2D eigenvalue weighted by Crippen LogP contribution is -2.36. The molecule has 9 heteroatoms. The molecule has 1 aromatic heterocycles. The van der Waals surface area contributed by atoms with Crippen molar-refractivity contribution in [1.29, 1.82) is 0 Å². The Balaban J connectivity index is 1.82. The van der Waals surface area contributed by atoms with E-state index in [0.717, 1.165) is 0 Å². The smallest absolute Gasteiger partial charge is 0.236 e. The van der Waals surface area contributed by atoms with Crippen LogP contribution in [0.15, 0.2) is 62.9 Å². The average molecular weight is 430 g/mol. The first-order valence-corrected chi connectivity index (χ1v) is 10.9. The zero-order chi connectivity index (χ0) is 21.1. The molecule has 0 amide bonds. The number of hydrogen-bond acceptors (Lipinski definition) is 8. The first-order chi connectivity index (χ1) is 14.5. The number of aromatic nitrogens is 1. The van der Waals surface area contributed by atoms with Crippen molar-refractivity contribution in [2.45, 2.75) is 9.92 Å². The lowest BCUT2D eigenvalue weighted by atomic mass is 10.2. The van der Waals surface area contributed by atoms with Crippen molar-refractivity contribution in [2.75, 3.05) is 45.4 Å². The van der Waals surface area contributed by atoms with Crippen LogP contribution in [0.1, 0.15) is 0 Å². The molecule has 0 saturated carbocycles. The quantitative estimate of drug-likeness (QED) is 0.589. The lowest BCUT2D eigenvalue weighted by Gasteiger charge is -2.26. The summed E-state index contributed by atoms with van der Waals surface area (Å²) >= 11 is 0. The molecular formula is C21H22N2O6S. The fraction of sp³-hybridized carbons (Fsp3) is 0.286. The van der Waals surface area contributed by atoms with E-state index in [1.807, 2.05) is 4.90 Å². The van der Waals surface area contributed by atoms with Gasteiger partial charge < -0.3 is 23.5 Å². The van der Waals surface area contributed by atoms with E-state index in [1.54, 1.807) is 43.5 Å². The first kappa shape index (κ1) is 20.2. The summed E-state index contributed by atoms with van der Waals surface area (Å²) in [5, 5.41) is -0.118. The third-order valence-corrected chi connectivity index (χ3v) is 6.49. The minimum atomic E-state index is -3.92. The molecule has 0 aliphatic carbocycles. The number of sulfone groups is 1. The predicted octanol–water partition coefficient (Wildman–Crippen LogP) is 3.03. The summed E-state index contributed by atoms with van der Waals surface area (Å²) in [4.78, 5) is 6.36. The second-order valence-corrected chi connectivity index (χ2v) is 8.50. The summed E-state index contributed by atoms with van der Waals surface area (Å²) < 4.78 is 48.6. The first-order valence-electron chi connectivity index (χ1n) is 9.40. The molecule has 3 aromatic rings. The Hall–Kier alpha value is -3.04. The van der Waals surface area contributed by atoms with Gasteiger partial charge in [0.1, 0.15) is 11.5 Å². The van der Waals surface area contributed by atoms with Crippen LogP contribution in [0.25, 0.3) is 11.5 Å². The normalized spacial score (nSPS) is 14.5. The summed E-state index contributed by atoms with van der Waals surface area (Å²) in [5.41, 5.74) is 0.625. The monoisotopic (exact) mass is 430 g/mol. The molecule has 1 fully saturated rings. The molecule has 0 N–H and O–H groups in total. The maximum atomic E-state index is 13.4. The van der Waals surface area contributed by atoms with Crippen LogP contribution >= 0.6 is 0 Å². The molecule has 30 heavy (non-hydrogen) atoms. The fourth-order valence-corrected chi connectivity index (χ4v) is 4.51. The highest BCUT2D eigenvalue weighted by atomic mass is 32.2. The van der Waals surface area contributed by atoms with Crippen LogP contribution in [0.3, 0.4) is 0 Å². The van der Waals surface area contributed by atoms with Crippen molar-refractivity contribution in [3.8, 4) is 23.0 Å². The number of ether oxygens (including phenoxy) is 3. The molecule has 2 aromatic carbocycles. The number of morpholine rings is 1. The Morgan fingerprint density at radius 3 is 2.33 bits per heavy atom. The van der Waals surface area contributed by atoms with Crippen LogP contribution < -0.4 is 14.4 Å². The van der Waals surface area contributed by atoms with Crippen LogP contribution in [-0.4, -0.2) is 53.9 Å². The van der Waals surface area contributed by atoms with Gasteiger partial charge in [0.05, 0.1) is 32.3 Å². The Morgan fingerprint density at radius 2 is 1.67 bits per heavy atom. The Bertz CT molecular complexity index is 1120. The molecule has 0 spiro atoms. The summed E-state index contributed by atoms with van der Waals surface area (Å²) in [6.07, 6.45) is 0. The van der Waals surface area contributed by atoms with Gasteiger partial charge in [-0.2, -0.15) is 4.98 Å². The zero-order valence-corrected chi connectivity index (χ0v) is 17.5. The van der Waals surface area contributed by atoms with Crippen molar-refractivity contribution in [3.05, 3.63) is 48.5 Å². The second kappa shape index (κ2) is 8.37. The van der Waals surface area contributed by atoms with Gasteiger partial charge in [0.25, 0.3) is 0 Å². The third-order valence-electron chi connectivity index (χ3n) is 4.82. The second-order valence-electron chi connectivity index (χ2n) is 6.64. The number of rotatable bonds is 6. The molecule has 0 radical (unpaired) electrons. The van der Waals surface area contributed by atoms with Gasteiger partial charge in [-0.1, -0.05) is 6.07 Å². The highest BCUT2D eigenvalue weighted by molar-refractivity contribution is 7.91. The van der Waals surface area contributed by atoms with Crippen molar-refractivity contribution < 1.29 is 27.0 Å². The van der Waals surface area contributed by atoms with Crippen LogP contribution in [0, 0.1) is 0 Å². The number of benzene rings is 2. The number of methoxy groups -OCH3 is 2. The van der Waals surface area contributed by atoms with E-state index in [9.17, 15) is 8.42 Å². The van der Waals surface area contributed by atoms with Gasteiger partial charge in [0.2, 0.25) is 26.6 Å². The molecule has 1 aliphatic heterocycles. The SMILES string of the molecule is COc1ccc(S(=O)(=O)c2nc(-c3cccc(OC)c3)oc2N2CCOCC2)cc1. The predicted molar refractivity (Wildman–Crippen MR) is 110 cm³/mol. The van der Waals surface area contributed by atoms with Gasteiger partial charge in [-0.05, 0) is 42.5 Å². The van der Waals surface area contributed by atoms with E-state index in [2.05, 4.69) is 4.98 Å². The standard InChI is InChI=1S/C21H22N2O6S/c1-26-16-6-8-18(9-7-16)30(24,25)20-21(23-10-12-28-13-11-23)29-19(22-20)15-4-3-5-17(14-15)27-2/h3-9,14H,10-13H2,1-2H3. The van der Waals surface area contributed by atoms with Crippen molar-refractivity contribution >= 4 is 15.7 Å². The maximum Gasteiger partial charge on any atom is 0.236 e. The van der Waals surface area contributed by atoms with Crippen LogP contribution in [-0.2, 0) is 14.6 Å². The van der Waals surface area contributed by atoms with Gasteiger partial charge in [0, 0.05) is 18.7 Å². The van der Waals surface area contributed by atoms with Gasteiger partial charge in [-0.3, -0.25) is 0 Å². The van der Waals surface area contributed by atoms with E-state index < -0.39 is 9.84 Å². The molecule has 0 bridgehead atoms. The van der Waals surface area contributed by atoms with E-state index in [0.29, 0.717) is 43.4 Å².